The van der Waals surface area contributed by atoms with Gasteiger partial charge in [-0.2, -0.15) is 18.3 Å². The second-order valence-corrected chi connectivity index (χ2v) is 7.73. The number of benzene rings is 1. The lowest BCUT2D eigenvalue weighted by molar-refractivity contribution is -0.141. The van der Waals surface area contributed by atoms with Crippen LogP contribution in [0.3, 0.4) is 0 Å². The molecule has 0 aliphatic carbocycles. The van der Waals surface area contributed by atoms with Crippen molar-refractivity contribution in [1.82, 2.24) is 24.9 Å². The molecule has 0 unspecified atom stereocenters. The quantitative estimate of drug-likeness (QED) is 0.327. The number of hydrogen-bond donors (Lipinski definition) is 4. The molecule has 3 amide bonds. The summed E-state index contributed by atoms with van der Waals surface area (Å²) in [5, 5.41) is 11.8. The molecule has 0 aliphatic rings. The minimum atomic E-state index is -4.63. The van der Waals surface area contributed by atoms with E-state index in [0.717, 1.165) is 12.1 Å². The van der Waals surface area contributed by atoms with Crippen LogP contribution in [0.5, 0.6) is 0 Å². The average molecular weight is 498 g/mol. The molecule has 13 heteroatoms. The van der Waals surface area contributed by atoms with Crippen molar-refractivity contribution in [3.63, 3.8) is 0 Å². The molecule has 0 saturated heterocycles. The van der Waals surface area contributed by atoms with E-state index in [1.165, 1.54) is 16.9 Å². The minimum absolute atomic E-state index is 0.185. The maximum atomic E-state index is 12.9. The van der Waals surface area contributed by atoms with E-state index in [-0.39, 0.29) is 17.5 Å². The van der Waals surface area contributed by atoms with Crippen LogP contribution in [0, 0.1) is 6.92 Å². The third kappa shape index (κ3) is 4.89. The lowest BCUT2D eigenvalue weighted by Crippen LogP contribution is -2.22. The normalized spacial score (nSPS) is 11.4. The fourth-order valence-electron chi connectivity index (χ4n) is 3.70. The van der Waals surface area contributed by atoms with E-state index in [9.17, 15) is 22.8 Å². The molecule has 4 rings (SSSR count). The number of rotatable bonds is 5. The Morgan fingerprint density at radius 2 is 1.92 bits per heavy atom. The van der Waals surface area contributed by atoms with Gasteiger partial charge < -0.3 is 16.4 Å². The number of hydrogen-bond acceptors (Lipinski definition) is 6. The van der Waals surface area contributed by atoms with Crippen LogP contribution >= 0.6 is 0 Å². The molecule has 3 aromatic heterocycles. The largest absolute Gasteiger partial charge is 0.433 e. The molecule has 0 fully saturated rings. The molecule has 1 aromatic carbocycles. The zero-order valence-electron chi connectivity index (χ0n) is 19.1. The van der Waals surface area contributed by atoms with Gasteiger partial charge in [0.2, 0.25) is 0 Å². The molecule has 4 aromatic rings. The summed E-state index contributed by atoms with van der Waals surface area (Å²) in [7, 11) is 0. The Hall–Kier alpha value is -4.68. The number of carbonyl (C=O) groups excluding carboxylic acids is 2. The summed E-state index contributed by atoms with van der Waals surface area (Å²) < 4.78 is 40.1. The van der Waals surface area contributed by atoms with Crippen molar-refractivity contribution >= 4 is 34.8 Å². The Morgan fingerprint density at radius 1 is 1.14 bits per heavy atom. The zero-order chi connectivity index (χ0) is 26.0. The molecule has 0 bridgehead atoms. The highest BCUT2D eigenvalue weighted by molar-refractivity contribution is 6.07. The van der Waals surface area contributed by atoms with E-state index in [4.69, 9.17) is 5.73 Å². The van der Waals surface area contributed by atoms with Crippen molar-refractivity contribution in [3.8, 4) is 11.1 Å². The predicted octanol–water partition coefficient (Wildman–Crippen LogP) is 4.09. The van der Waals surface area contributed by atoms with Crippen LogP contribution in [0.25, 0.3) is 16.6 Å². The second-order valence-electron chi connectivity index (χ2n) is 7.73. The summed E-state index contributed by atoms with van der Waals surface area (Å²) in [6, 6.07) is 7.36. The van der Waals surface area contributed by atoms with Gasteiger partial charge in [-0.15, -0.1) is 0 Å². The van der Waals surface area contributed by atoms with Crippen molar-refractivity contribution in [2.75, 3.05) is 22.9 Å². The van der Waals surface area contributed by atoms with Crippen molar-refractivity contribution in [2.24, 2.45) is 0 Å². The molecule has 3 heterocycles. The highest BCUT2D eigenvalue weighted by atomic mass is 19.4. The van der Waals surface area contributed by atoms with Crippen molar-refractivity contribution in [1.29, 1.82) is 0 Å². The highest BCUT2D eigenvalue weighted by Gasteiger charge is 2.32. The van der Waals surface area contributed by atoms with Crippen LogP contribution in [-0.2, 0) is 6.18 Å². The van der Waals surface area contributed by atoms with Crippen LogP contribution in [0.4, 0.5) is 35.3 Å². The number of nitrogen functional groups attached to an aromatic ring is 1. The number of carbonyl (C=O) groups is 2. The number of aryl methyl sites for hydroxylation is 1. The molecule has 10 nitrogen and oxygen atoms in total. The van der Waals surface area contributed by atoms with Gasteiger partial charge in [0.25, 0.3) is 5.91 Å². The number of aromatic nitrogens is 4. The van der Waals surface area contributed by atoms with Crippen LogP contribution in [0.2, 0.25) is 0 Å². The van der Waals surface area contributed by atoms with Gasteiger partial charge in [-0.1, -0.05) is 12.1 Å². The SMILES string of the molecule is CCNC(=O)c1cn2ncnc(N)c2c1-c1ccc(NC(=O)Nc2cccc(C(F)(F)F)n2)cc1C. The summed E-state index contributed by atoms with van der Waals surface area (Å²) in [5.41, 5.74) is 8.02. The van der Waals surface area contributed by atoms with Crippen LogP contribution in [0.1, 0.15) is 28.5 Å². The number of fused-ring (bicyclic) bond motifs is 1. The first-order valence-electron chi connectivity index (χ1n) is 10.7. The Labute approximate surface area is 202 Å². The Balaban J connectivity index is 1.63. The second kappa shape index (κ2) is 9.52. The third-order valence-corrected chi connectivity index (χ3v) is 5.22. The van der Waals surface area contributed by atoms with Gasteiger partial charge in [0, 0.05) is 24.0 Å². The van der Waals surface area contributed by atoms with E-state index in [2.05, 4.69) is 31.0 Å². The Morgan fingerprint density at radius 3 is 2.61 bits per heavy atom. The maximum absolute atomic E-state index is 12.9. The molecule has 0 atom stereocenters. The molecule has 0 radical (unpaired) electrons. The summed E-state index contributed by atoms with van der Waals surface area (Å²) in [4.78, 5) is 32.6. The monoisotopic (exact) mass is 498 g/mol. The van der Waals surface area contributed by atoms with E-state index >= 15 is 0 Å². The van der Waals surface area contributed by atoms with Gasteiger partial charge in [0.15, 0.2) is 5.82 Å². The molecule has 36 heavy (non-hydrogen) atoms. The van der Waals surface area contributed by atoms with Crippen LogP contribution < -0.4 is 21.7 Å². The Kier molecular flexibility index (Phi) is 6.47. The first-order valence-corrected chi connectivity index (χ1v) is 10.7. The Bertz CT molecular complexity index is 1470. The molecule has 0 saturated carbocycles. The number of amides is 3. The highest BCUT2D eigenvalue weighted by Crippen LogP contribution is 2.35. The summed E-state index contributed by atoms with van der Waals surface area (Å²) in [6.45, 7) is 3.99. The number of anilines is 3. The third-order valence-electron chi connectivity index (χ3n) is 5.22. The minimum Gasteiger partial charge on any atom is -0.382 e. The molecule has 5 N–H and O–H groups in total. The molecule has 0 aliphatic heterocycles. The molecular weight excluding hydrogens is 477 g/mol. The van der Waals surface area contributed by atoms with Crippen LogP contribution in [-0.4, -0.2) is 38.1 Å². The number of nitrogens with zero attached hydrogens (tertiary/aromatic N) is 4. The topological polar surface area (TPSA) is 139 Å². The number of urea groups is 1. The summed E-state index contributed by atoms with van der Waals surface area (Å²) in [6.07, 6.45) is -1.79. The number of nitrogens with two attached hydrogens (primary N) is 1. The van der Waals surface area contributed by atoms with E-state index in [1.54, 1.807) is 38.2 Å². The van der Waals surface area contributed by atoms with Gasteiger partial charge in [0.05, 0.1) is 5.56 Å². The molecule has 0 spiro atoms. The van der Waals surface area contributed by atoms with Crippen LogP contribution in [0.15, 0.2) is 48.9 Å². The summed E-state index contributed by atoms with van der Waals surface area (Å²) in [5.74, 6) is -0.380. The number of halogens is 3. The fourth-order valence-corrected chi connectivity index (χ4v) is 3.70. The smallest absolute Gasteiger partial charge is 0.382 e. The number of alkyl halides is 3. The van der Waals surface area contributed by atoms with Gasteiger partial charge >= 0.3 is 12.2 Å². The average Bonchev–Trinajstić information content (AvgIpc) is 3.20. The number of pyridine rings is 1. The predicted molar refractivity (Wildman–Crippen MR) is 127 cm³/mol. The van der Waals surface area contributed by atoms with E-state index < -0.39 is 17.9 Å². The lowest BCUT2D eigenvalue weighted by Gasteiger charge is -2.13. The lowest BCUT2D eigenvalue weighted by atomic mass is 9.97. The van der Waals surface area contributed by atoms with Gasteiger partial charge in [-0.3, -0.25) is 10.1 Å². The first-order chi connectivity index (χ1) is 17.1. The summed E-state index contributed by atoms with van der Waals surface area (Å²) >= 11 is 0. The van der Waals surface area contributed by atoms with E-state index in [0.29, 0.717) is 40.0 Å². The van der Waals surface area contributed by atoms with Gasteiger partial charge in [0.1, 0.15) is 23.4 Å². The van der Waals surface area contributed by atoms with Gasteiger partial charge in [-0.25, -0.2) is 19.3 Å². The maximum Gasteiger partial charge on any atom is 0.433 e. The standard InChI is InChI=1S/C23H21F3N8O2/c1-3-28-21(35)15-10-34-19(20(27)29-11-30-34)18(15)14-8-7-13(9-12(14)2)31-22(36)33-17-6-4-5-16(32-17)23(24,25)26/h4-11H,3H2,1-2H3,(H,28,35)(H2,27,29,30)(H2,31,32,33,36). The fraction of sp³-hybridized carbons (Fsp3) is 0.174. The molecular formula is C23H21F3N8O2. The van der Waals surface area contributed by atoms with E-state index in [1.807, 2.05) is 0 Å². The van der Waals surface area contributed by atoms with Gasteiger partial charge in [-0.05, 0) is 49.2 Å². The zero-order valence-corrected chi connectivity index (χ0v) is 19.1. The van der Waals surface area contributed by atoms with Crippen molar-refractivity contribution in [2.45, 2.75) is 20.0 Å². The molecule has 186 valence electrons. The first kappa shape index (κ1) is 24.4. The van der Waals surface area contributed by atoms with Crippen molar-refractivity contribution in [3.05, 3.63) is 65.7 Å². The number of nitrogens with one attached hydrogen (secondary N) is 3. The van der Waals surface area contributed by atoms with Crippen molar-refractivity contribution < 1.29 is 22.8 Å².